The van der Waals surface area contributed by atoms with E-state index >= 15 is 0 Å². The van der Waals surface area contributed by atoms with Crippen molar-refractivity contribution in [2.75, 3.05) is 5.73 Å². The van der Waals surface area contributed by atoms with E-state index in [0.29, 0.717) is 29.5 Å². The molecule has 0 radical (unpaired) electrons. The van der Waals surface area contributed by atoms with Gasteiger partial charge in [0.2, 0.25) is 0 Å². The van der Waals surface area contributed by atoms with Crippen molar-refractivity contribution in [3.63, 3.8) is 0 Å². The van der Waals surface area contributed by atoms with Gasteiger partial charge in [0.1, 0.15) is 12.2 Å². The molecular weight excluding hydrogens is 388 g/mol. The number of rotatable bonds is 0. The molecule has 5 rings (SSSR count). The highest BCUT2D eigenvalue weighted by atomic mass is 16.5. The monoisotopic (exact) mass is 408 g/mol. The number of aryl methyl sites for hydroxylation is 1. The molecule has 2 bridgehead atoms. The highest BCUT2D eigenvalue weighted by molar-refractivity contribution is 5.71. The number of fused-ring (bicyclic) bond motifs is 7. The maximum Gasteiger partial charge on any atom is 0.166 e. The summed E-state index contributed by atoms with van der Waals surface area (Å²) in [5.74, 6) is 0.765. The summed E-state index contributed by atoms with van der Waals surface area (Å²) in [5, 5.41) is 9.64. The predicted octanol–water partition coefficient (Wildman–Crippen LogP) is 4.27. The molecule has 7 nitrogen and oxygen atoms in total. The van der Waals surface area contributed by atoms with E-state index < -0.39 is 0 Å². The standard InChI is InChI=1S/C24H20N6O/c1-14-5-6-18-19(8-14)15(2)31-21-9-17(11-28-24(21)26)23-20(10-25)29-13-30(23)12-16-4-3-7-27-22(16)18/h3-9,11,13,15H,12H2,1-2H3,(H2,26,28)/t15-/m1/s1. The van der Waals surface area contributed by atoms with Gasteiger partial charge < -0.3 is 15.0 Å². The van der Waals surface area contributed by atoms with Gasteiger partial charge in [-0.2, -0.15) is 5.26 Å². The Bertz CT molecular complexity index is 1350. The lowest BCUT2D eigenvalue weighted by atomic mass is 9.95. The van der Waals surface area contributed by atoms with Gasteiger partial charge in [-0.25, -0.2) is 9.97 Å². The Morgan fingerprint density at radius 3 is 2.90 bits per heavy atom. The van der Waals surface area contributed by atoms with Crippen LogP contribution in [0.2, 0.25) is 0 Å². The minimum Gasteiger partial charge on any atom is -0.482 e. The average molecular weight is 408 g/mol. The van der Waals surface area contributed by atoms with Crippen LogP contribution in [-0.2, 0) is 6.54 Å². The number of nitrogen functional groups attached to an aromatic ring is 1. The molecule has 0 amide bonds. The lowest BCUT2D eigenvalue weighted by molar-refractivity contribution is 0.228. The fourth-order valence-electron chi connectivity index (χ4n) is 4.05. The number of nitriles is 1. The molecule has 7 heteroatoms. The average Bonchev–Trinajstić information content (AvgIpc) is 3.17. The second-order valence-electron chi connectivity index (χ2n) is 7.65. The number of nitrogens with zero attached hydrogens (tertiary/aromatic N) is 5. The van der Waals surface area contributed by atoms with Crippen molar-refractivity contribution in [1.29, 1.82) is 5.26 Å². The van der Waals surface area contributed by atoms with Crippen molar-refractivity contribution >= 4 is 5.82 Å². The van der Waals surface area contributed by atoms with Gasteiger partial charge in [0.05, 0.1) is 24.3 Å². The third-order valence-corrected chi connectivity index (χ3v) is 5.53. The zero-order valence-electron chi connectivity index (χ0n) is 17.2. The van der Waals surface area contributed by atoms with Crippen LogP contribution in [0.25, 0.3) is 22.5 Å². The molecule has 4 heterocycles. The molecule has 2 N–H and O–H groups in total. The summed E-state index contributed by atoms with van der Waals surface area (Å²) < 4.78 is 8.23. The molecule has 0 aliphatic carbocycles. The van der Waals surface area contributed by atoms with Gasteiger partial charge in [-0.1, -0.05) is 29.8 Å². The smallest absolute Gasteiger partial charge is 0.166 e. The summed E-state index contributed by atoms with van der Waals surface area (Å²) in [6, 6.07) is 14.2. The van der Waals surface area contributed by atoms with Crippen molar-refractivity contribution < 1.29 is 4.74 Å². The first-order valence-corrected chi connectivity index (χ1v) is 9.97. The van der Waals surface area contributed by atoms with Crippen LogP contribution in [0, 0.1) is 18.3 Å². The van der Waals surface area contributed by atoms with Crippen LogP contribution in [0.3, 0.4) is 0 Å². The lowest BCUT2D eigenvalue weighted by Gasteiger charge is -2.22. The zero-order valence-corrected chi connectivity index (χ0v) is 17.2. The highest BCUT2D eigenvalue weighted by Crippen LogP contribution is 2.37. The third-order valence-electron chi connectivity index (χ3n) is 5.53. The third kappa shape index (κ3) is 3.19. The van der Waals surface area contributed by atoms with E-state index in [1.54, 1.807) is 18.7 Å². The van der Waals surface area contributed by atoms with E-state index in [9.17, 15) is 5.26 Å². The Hall–Kier alpha value is -4.18. The number of ether oxygens (including phenoxy) is 1. The van der Waals surface area contributed by atoms with Gasteiger partial charge in [0.15, 0.2) is 17.3 Å². The normalized spacial score (nSPS) is 14.7. The summed E-state index contributed by atoms with van der Waals surface area (Å²) in [6.45, 7) is 4.55. The molecule has 3 aromatic heterocycles. The molecule has 1 aliphatic rings. The minimum absolute atomic E-state index is 0.288. The quantitative estimate of drug-likeness (QED) is 0.466. The fraction of sp³-hybridized carbons (Fsp3) is 0.167. The largest absolute Gasteiger partial charge is 0.482 e. The fourth-order valence-corrected chi connectivity index (χ4v) is 4.05. The number of aromatic nitrogens is 4. The van der Waals surface area contributed by atoms with Gasteiger partial charge in [0, 0.05) is 29.1 Å². The van der Waals surface area contributed by atoms with E-state index in [1.807, 2.05) is 29.7 Å². The molecular formula is C24H20N6O. The van der Waals surface area contributed by atoms with Gasteiger partial charge in [-0.05, 0) is 31.5 Å². The van der Waals surface area contributed by atoms with Crippen molar-refractivity contribution in [2.24, 2.45) is 0 Å². The van der Waals surface area contributed by atoms with E-state index in [-0.39, 0.29) is 6.10 Å². The van der Waals surface area contributed by atoms with E-state index in [1.165, 1.54) is 0 Å². The van der Waals surface area contributed by atoms with Gasteiger partial charge >= 0.3 is 0 Å². The first kappa shape index (κ1) is 18.8. The molecule has 0 spiro atoms. The molecule has 0 unspecified atom stereocenters. The van der Waals surface area contributed by atoms with Crippen LogP contribution in [-0.4, -0.2) is 19.5 Å². The van der Waals surface area contributed by atoms with Gasteiger partial charge in [0.25, 0.3) is 0 Å². The van der Waals surface area contributed by atoms with Crippen LogP contribution in [0.4, 0.5) is 5.82 Å². The summed E-state index contributed by atoms with van der Waals surface area (Å²) >= 11 is 0. The molecule has 31 heavy (non-hydrogen) atoms. The van der Waals surface area contributed by atoms with Gasteiger partial charge in [-0.15, -0.1) is 0 Å². The predicted molar refractivity (Wildman–Crippen MR) is 117 cm³/mol. The number of hydrogen-bond donors (Lipinski definition) is 1. The second kappa shape index (κ2) is 7.26. The van der Waals surface area contributed by atoms with E-state index in [2.05, 4.69) is 41.2 Å². The first-order chi connectivity index (χ1) is 15.0. The first-order valence-electron chi connectivity index (χ1n) is 9.97. The summed E-state index contributed by atoms with van der Waals surface area (Å²) in [7, 11) is 0. The van der Waals surface area contributed by atoms with Crippen LogP contribution in [0.5, 0.6) is 5.75 Å². The number of hydrogen-bond acceptors (Lipinski definition) is 6. The molecule has 0 fully saturated rings. The second-order valence-corrected chi connectivity index (χ2v) is 7.65. The molecule has 0 saturated carbocycles. The maximum absolute atomic E-state index is 9.64. The van der Waals surface area contributed by atoms with Crippen LogP contribution in [0.15, 0.2) is 55.1 Å². The van der Waals surface area contributed by atoms with Crippen molar-refractivity contribution in [2.45, 2.75) is 26.5 Å². The number of imidazole rings is 1. The van der Waals surface area contributed by atoms with E-state index in [0.717, 1.165) is 33.5 Å². The Labute approximate surface area is 179 Å². The Balaban J connectivity index is 1.83. The maximum atomic E-state index is 9.64. The van der Waals surface area contributed by atoms with Gasteiger partial charge in [-0.3, -0.25) is 4.98 Å². The van der Waals surface area contributed by atoms with Crippen LogP contribution in [0.1, 0.15) is 35.4 Å². The van der Waals surface area contributed by atoms with Crippen molar-refractivity contribution in [3.8, 4) is 34.3 Å². The Morgan fingerprint density at radius 2 is 2.06 bits per heavy atom. The highest BCUT2D eigenvalue weighted by Gasteiger charge is 2.22. The van der Waals surface area contributed by atoms with Crippen LogP contribution < -0.4 is 10.5 Å². The summed E-state index contributed by atoms with van der Waals surface area (Å²) in [6.07, 6.45) is 4.82. The molecule has 1 aliphatic heterocycles. The zero-order chi connectivity index (χ0) is 21.5. The number of anilines is 1. The van der Waals surface area contributed by atoms with Crippen molar-refractivity contribution in [1.82, 2.24) is 19.5 Å². The number of benzene rings is 1. The lowest BCUT2D eigenvalue weighted by Crippen LogP contribution is -2.11. The molecule has 1 aromatic carbocycles. The molecule has 1 atom stereocenters. The van der Waals surface area contributed by atoms with Crippen molar-refractivity contribution in [3.05, 3.63) is 77.5 Å². The molecule has 0 saturated heterocycles. The van der Waals surface area contributed by atoms with Crippen LogP contribution >= 0.6 is 0 Å². The Morgan fingerprint density at radius 1 is 1.19 bits per heavy atom. The summed E-state index contributed by atoms with van der Waals surface area (Å²) in [4.78, 5) is 13.3. The minimum atomic E-state index is -0.288. The Kier molecular flexibility index (Phi) is 4.41. The van der Waals surface area contributed by atoms with E-state index in [4.69, 9.17) is 15.5 Å². The molecule has 4 aromatic rings. The number of pyridine rings is 2. The number of nitrogens with two attached hydrogens (primary N) is 1. The summed E-state index contributed by atoms with van der Waals surface area (Å²) in [5.41, 5.74) is 12.9. The SMILES string of the molecule is Cc1ccc2c(c1)[C@@H](C)Oc1cc(cnc1N)-c1c(C#N)ncn1Cc1cccnc1-2. The molecule has 152 valence electrons. The topological polar surface area (TPSA) is 103 Å².